The topological polar surface area (TPSA) is 151 Å². The largest absolute Gasteiger partial charge is 0.472 e. The van der Waals surface area contributed by atoms with Gasteiger partial charge in [0.25, 0.3) is 0 Å². The number of allylic oxidation sites excluding steroid dienone is 3. The van der Waals surface area contributed by atoms with Gasteiger partial charge in [-0.25, -0.2) is 4.57 Å². The maximum Gasteiger partial charge on any atom is 0.472 e. The zero-order valence-corrected chi connectivity index (χ0v) is 31.7. The van der Waals surface area contributed by atoms with Crippen molar-refractivity contribution in [3.05, 3.63) is 24.3 Å². The fourth-order valence-corrected chi connectivity index (χ4v) is 6.36. The number of rotatable bonds is 36. The maximum absolute atomic E-state index is 12.7. The normalized spacial score (nSPS) is 15.2. The Labute approximate surface area is 294 Å². The number of amides is 1. The zero-order valence-electron chi connectivity index (χ0n) is 30.8. The average Bonchev–Trinajstić information content (AvgIpc) is 3.06. The van der Waals surface area contributed by atoms with Gasteiger partial charge < -0.3 is 26.2 Å². The summed E-state index contributed by atoms with van der Waals surface area (Å²) in [6.45, 7) is 3.89. The van der Waals surface area contributed by atoms with E-state index in [0.717, 1.165) is 32.1 Å². The van der Waals surface area contributed by atoms with Crippen LogP contribution in [0, 0.1) is 0 Å². The van der Waals surface area contributed by atoms with E-state index < -0.39 is 38.6 Å². The van der Waals surface area contributed by atoms with E-state index in [1.54, 1.807) is 6.08 Å². The SMILES string of the molecule is CCCCCCCCCCCCCCC/C=C/CC/C=C/C(O)C(COP(=O)(O)OCCN)NC(=O)CC(O)CCCCCCCCC. The van der Waals surface area contributed by atoms with Crippen LogP contribution in [-0.2, 0) is 18.4 Å². The molecular formula is C38H75N2O7P. The number of aliphatic hydroxyl groups excluding tert-OH is 2. The van der Waals surface area contributed by atoms with Crippen molar-refractivity contribution in [3.63, 3.8) is 0 Å². The summed E-state index contributed by atoms with van der Waals surface area (Å²) in [7, 11) is -4.39. The molecule has 1 amide bonds. The summed E-state index contributed by atoms with van der Waals surface area (Å²) >= 11 is 0. The van der Waals surface area contributed by atoms with Crippen molar-refractivity contribution in [2.45, 2.75) is 193 Å². The lowest BCUT2D eigenvalue weighted by Gasteiger charge is -2.24. The Hall–Kier alpha value is -1.06. The number of nitrogens with two attached hydrogens (primary N) is 1. The van der Waals surface area contributed by atoms with Gasteiger partial charge in [0.05, 0.1) is 37.9 Å². The van der Waals surface area contributed by atoms with E-state index in [2.05, 4.69) is 31.3 Å². The second-order valence-electron chi connectivity index (χ2n) is 13.3. The first-order valence-electron chi connectivity index (χ1n) is 19.5. The molecule has 284 valence electrons. The number of nitrogens with one attached hydrogen (secondary N) is 1. The van der Waals surface area contributed by atoms with Crippen LogP contribution in [0.4, 0.5) is 0 Å². The van der Waals surface area contributed by atoms with Crippen molar-refractivity contribution in [2.24, 2.45) is 5.73 Å². The highest BCUT2D eigenvalue weighted by molar-refractivity contribution is 7.47. The highest BCUT2D eigenvalue weighted by Crippen LogP contribution is 2.43. The summed E-state index contributed by atoms with van der Waals surface area (Å²) in [5, 5.41) is 23.8. The molecule has 0 aromatic heterocycles. The van der Waals surface area contributed by atoms with Crippen LogP contribution in [0.2, 0.25) is 0 Å². The molecule has 0 saturated carbocycles. The van der Waals surface area contributed by atoms with E-state index in [1.807, 2.05) is 6.08 Å². The molecule has 0 aromatic carbocycles. The molecule has 0 saturated heterocycles. The summed E-state index contributed by atoms with van der Waals surface area (Å²) in [5.41, 5.74) is 5.34. The Morgan fingerprint density at radius 2 is 1.19 bits per heavy atom. The quantitative estimate of drug-likeness (QED) is 0.0246. The van der Waals surface area contributed by atoms with Crippen LogP contribution in [0.5, 0.6) is 0 Å². The van der Waals surface area contributed by atoms with Crippen LogP contribution in [-0.4, -0.2) is 59.0 Å². The monoisotopic (exact) mass is 703 g/mol. The van der Waals surface area contributed by atoms with Gasteiger partial charge in [-0.3, -0.25) is 13.8 Å². The van der Waals surface area contributed by atoms with Crippen molar-refractivity contribution in [1.82, 2.24) is 5.32 Å². The first-order valence-corrected chi connectivity index (χ1v) is 21.0. The second kappa shape index (κ2) is 34.4. The third kappa shape index (κ3) is 32.2. The number of aliphatic hydroxyl groups is 2. The van der Waals surface area contributed by atoms with Gasteiger partial charge in [-0.15, -0.1) is 0 Å². The highest BCUT2D eigenvalue weighted by atomic mass is 31.2. The molecular weight excluding hydrogens is 627 g/mol. The zero-order chi connectivity index (χ0) is 35.6. The lowest BCUT2D eigenvalue weighted by Crippen LogP contribution is -2.46. The Morgan fingerprint density at radius 3 is 1.73 bits per heavy atom. The van der Waals surface area contributed by atoms with E-state index in [1.165, 1.54) is 109 Å². The van der Waals surface area contributed by atoms with Crippen molar-refractivity contribution in [3.8, 4) is 0 Å². The number of phosphoric acid groups is 1. The van der Waals surface area contributed by atoms with Gasteiger partial charge in [-0.1, -0.05) is 160 Å². The van der Waals surface area contributed by atoms with Crippen molar-refractivity contribution >= 4 is 13.7 Å². The van der Waals surface area contributed by atoms with Gasteiger partial charge in [0.15, 0.2) is 0 Å². The fourth-order valence-electron chi connectivity index (χ4n) is 5.60. The molecule has 0 aliphatic heterocycles. The van der Waals surface area contributed by atoms with Gasteiger partial charge >= 0.3 is 7.82 Å². The number of hydrogen-bond donors (Lipinski definition) is 5. The Morgan fingerprint density at radius 1 is 0.708 bits per heavy atom. The van der Waals surface area contributed by atoms with Crippen LogP contribution in [0.3, 0.4) is 0 Å². The highest BCUT2D eigenvalue weighted by Gasteiger charge is 2.27. The molecule has 6 N–H and O–H groups in total. The van der Waals surface area contributed by atoms with Crippen LogP contribution in [0.15, 0.2) is 24.3 Å². The average molecular weight is 703 g/mol. The predicted molar refractivity (Wildman–Crippen MR) is 200 cm³/mol. The van der Waals surface area contributed by atoms with Gasteiger partial charge in [0.2, 0.25) is 5.91 Å². The molecule has 0 aliphatic rings. The summed E-state index contributed by atoms with van der Waals surface area (Å²) in [6, 6.07) is -0.993. The molecule has 4 unspecified atom stereocenters. The van der Waals surface area contributed by atoms with Gasteiger partial charge in [0.1, 0.15) is 0 Å². The summed E-state index contributed by atoms with van der Waals surface area (Å²) in [5.74, 6) is -0.460. The van der Waals surface area contributed by atoms with E-state index in [4.69, 9.17) is 14.8 Å². The lowest BCUT2D eigenvalue weighted by molar-refractivity contribution is -0.124. The molecule has 4 atom stereocenters. The second-order valence-corrected chi connectivity index (χ2v) is 14.8. The third-order valence-corrected chi connectivity index (χ3v) is 9.57. The van der Waals surface area contributed by atoms with E-state index in [9.17, 15) is 24.5 Å². The molecule has 0 bridgehead atoms. The van der Waals surface area contributed by atoms with Crippen LogP contribution in [0.1, 0.15) is 174 Å². The molecule has 0 heterocycles. The first-order chi connectivity index (χ1) is 23.3. The number of hydrogen-bond acceptors (Lipinski definition) is 7. The third-order valence-electron chi connectivity index (χ3n) is 8.58. The Balaban J connectivity index is 4.38. The summed E-state index contributed by atoms with van der Waals surface area (Å²) < 4.78 is 21.9. The number of carbonyl (C=O) groups excluding carboxylic acids is 1. The minimum atomic E-state index is -4.39. The molecule has 0 aromatic rings. The molecule has 0 rings (SSSR count). The minimum Gasteiger partial charge on any atom is -0.393 e. The van der Waals surface area contributed by atoms with Gasteiger partial charge in [-0.2, -0.15) is 0 Å². The Bertz CT molecular complexity index is 827. The molecule has 10 heteroatoms. The molecule has 9 nitrogen and oxygen atoms in total. The van der Waals surface area contributed by atoms with Crippen LogP contribution < -0.4 is 11.1 Å². The van der Waals surface area contributed by atoms with E-state index in [0.29, 0.717) is 12.8 Å². The Kier molecular flexibility index (Phi) is 33.6. The molecule has 0 fully saturated rings. The standard InChI is InChI=1S/C38H75N2O7P/c1-3-5-7-9-11-12-13-14-15-16-17-18-19-20-21-22-24-26-28-30-37(42)36(34-47-48(44,45)46-32-31-39)40-38(43)33-35(41)29-27-25-23-10-8-6-4-2/h21-22,28,30,35-37,41-42H,3-20,23-27,29,31-34,39H2,1-2H3,(H,40,43)(H,44,45)/b22-21+,30-28+. The smallest absolute Gasteiger partial charge is 0.393 e. The molecule has 0 aliphatic carbocycles. The van der Waals surface area contributed by atoms with E-state index in [-0.39, 0.29) is 19.6 Å². The summed E-state index contributed by atoms with van der Waals surface area (Å²) in [6.07, 6.45) is 34.3. The molecule has 48 heavy (non-hydrogen) atoms. The predicted octanol–water partition coefficient (Wildman–Crippen LogP) is 9.19. The summed E-state index contributed by atoms with van der Waals surface area (Å²) in [4.78, 5) is 22.6. The minimum absolute atomic E-state index is 0.0455. The number of phosphoric ester groups is 1. The fraction of sp³-hybridized carbons (Fsp3) is 0.868. The van der Waals surface area contributed by atoms with Crippen molar-refractivity contribution < 1.29 is 33.5 Å². The number of unbranched alkanes of at least 4 members (excludes halogenated alkanes) is 20. The molecule has 0 spiro atoms. The van der Waals surface area contributed by atoms with Gasteiger partial charge in [-0.05, 0) is 32.1 Å². The van der Waals surface area contributed by atoms with Gasteiger partial charge in [0, 0.05) is 6.54 Å². The number of carbonyl (C=O) groups is 1. The van der Waals surface area contributed by atoms with E-state index >= 15 is 0 Å². The molecule has 0 radical (unpaired) electrons. The lowest BCUT2D eigenvalue weighted by atomic mass is 10.0. The maximum atomic E-state index is 12.7. The first kappa shape index (κ1) is 46.9. The van der Waals surface area contributed by atoms with Crippen molar-refractivity contribution in [1.29, 1.82) is 0 Å². The van der Waals surface area contributed by atoms with Crippen LogP contribution >= 0.6 is 7.82 Å². The van der Waals surface area contributed by atoms with Crippen molar-refractivity contribution in [2.75, 3.05) is 19.8 Å². The van der Waals surface area contributed by atoms with Crippen LogP contribution in [0.25, 0.3) is 0 Å².